The number of hydrogen-bond donors (Lipinski definition) is 0. The van der Waals surface area contributed by atoms with Crippen LogP contribution in [0.25, 0.3) is 81.4 Å². The van der Waals surface area contributed by atoms with Crippen LogP contribution in [0, 0.1) is 0 Å². The highest BCUT2D eigenvalue weighted by atomic mass is 32.1. The molecule has 0 saturated heterocycles. The molecule has 0 amide bonds. The van der Waals surface area contributed by atoms with Gasteiger partial charge in [0.2, 0.25) is 0 Å². The first-order chi connectivity index (χ1) is 25.1. The van der Waals surface area contributed by atoms with Crippen molar-refractivity contribution >= 4 is 98.6 Å². The van der Waals surface area contributed by atoms with Crippen LogP contribution in [0.4, 0.5) is 17.1 Å². The molecule has 0 spiro atoms. The summed E-state index contributed by atoms with van der Waals surface area (Å²) in [7, 11) is 0. The highest BCUT2D eigenvalue weighted by molar-refractivity contribution is 7.18. The van der Waals surface area contributed by atoms with Crippen molar-refractivity contribution in [3.8, 4) is 11.1 Å². The van der Waals surface area contributed by atoms with Gasteiger partial charge < -0.3 is 13.7 Å². The third-order valence-corrected chi connectivity index (χ3v) is 12.3. The Morgan fingerprint density at radius 3 is 2.31 bits per heavy atom. The second-order valence-corrected chi connectivity index (χ2v) is 15.2. The molecular weight excluding hydrogens is 643 g/mol. The number of nitrogens with zero attached hydrogens (tertiary/aromatic N) is 3. The van der Waals surface area contributed by atoms with Gasteiger partial charge in [-0.1, -0.05) is 92.7 Å². The van der Waals surface area contributed by atoms with Crippen molar-refractivity contribution in [2.24, 2.45) is 0 Å². The number of fused-ring (bicyclic) bond motifs is 14. The maximum absolute atomic E-state index is 6.71. The number of rotatable bonds is 3. The Morgan fingerprint density at radius 2 is 1.37 bits per heavy atom. The minimum atomic E-state index is -0.130. The second kappa shape index (κ2) is 9.53. The monoisotopic (exact) mass is 671 g/mol. The molecule has 1 aliphatic rings. The van der Waals surface area contributed by atoms with Gasteiger partial charge in [-0.2, -0.15) is 0 Å². The van der Waals surface area contributed by atoms with E-state index in [1.165, 1.54) is 65.0 Å². The Kier molecular flexibility index (Phi) is 5.17. The fourth-order valence-electron chi connectivity index (χ4n) is 9.17. The third-order valence-electron chi connectivity index (χ3n) is 11.5. The summed E-state index contributed by atoms with van der Waals surface area (Å²) < 4.78 is 10.4. The molecule has 4 nitrogen and oxygen atoms in total. The fourth-order valence-corrected chi connectivity index (χ4v) is 10.0. The van der Waals surface area contributed by atoms with Crippen LogP contribution in [0.3, 0.4) is 0 Å². The third kappa shape index (κ3) is 3.46. The zero-order valence-corrected chi connectivity index (χ0v) is 28.8. The van der Waals surface area contributed by atoms with Crippen LogP contribution in [-0.4, -0.2) is 9.38 Å². The molecule has 0 saturated carbocycles. The molecule has 7 aromatic carbocycles. The molecular formula is C46H29N3OS. The van der Waals surface area contributed by atoms with Crippen LogP contribution in [0.5, 0.6) is 0 Å². The van der Waals surface area contributed by atoms with Gasteiger partial charge in [0.15, 0.2) is 5.58 Å². The van der Waals surface area contributed by atoms with Gasteiger partial charge in [0.1, 0.15) is 5.58 Å². The summed E-state index contributed by atoms with van der Waals surface area (Å²) in [5, 5.41) is 7.25. The van der Waals surface area contributed by atoms with E-state index in [4.69, 9.17) is 9.40 Å². The summed E-state index contributed by atoms with van der Waals surface area (Å²) in [4.78, 5) is 7.22. The second-order valence-electron chi connectivity index (χ2n) is 14.4. The number of para-hydroxylation sites is 3. The van der Waals surface area contributed by atoms with Crippen molar-refractivity contribution < 1.29 is 4.42 Å². The first-order valence-electron chi connectivity index (χ1n) is 17.5. The van der Waals surface area contributed by atoms with Crippen LogP contribution >= 0.6 is 11.3 Å². The van der Waals surface area contributed by atoms with E-state index in [9.17, 15) is 0 Å². The molecule has 0 unspecified atom stereocenters. The molecule has 11 aromatic rings. The van der Waals surface area contributed by atoms with Crippen molar-refractivity contribution in [1.82, 2.24) is 9.38 Å². The van der Waals surface area contributed by atoms with E-state index in [1.54, 1.807) is 11.3 Å². The highest BCUT2D eigenvalue weighted by Gasteiger charge is 2.36. The maximum atomic E-state index is 6.71. The van der Waals surface area contributed by atoms with Crippen LogP contribution in [0.2, 0.25) is 0 Å². The van der Waals surface area contributed by atoms with Gasteiger partial charge in [0.05, 0.1) is 38.0 Å². The van der Waals surface area contributed by atoms with E-state index >= 15 is 0 Å². The van der Waals surface area contributed by atoms with E-state index in [0.29, 0.717) is 0 Å². The fraction of sp³-hybridized carbons (Fsp3) is 0.0652. The zero-order valence-electron chi connectivity index (χ0n) is 27.9. The topological polar surface area (TPSA) is 33.7 Å². The lowest BCUT2D eigenvalue weighted by molar-refractivity contribution is 0.660. The van der Waals surface area contributed by atoms with E-state index < -0.39 is 0 Å². The Labute approximate surface area is 296 Å². The summed E-state index contributed by atoms with van der Waals surface area (Å²) >= 11 is 1.73. The van der Waals surface area contributed by atoms with Crippen molar-refractivity contribution in [1.29, 1.82) is 0 Å². The number of anilines is 3. The van der Waals surface area contributed by atoms with Crippen LogP contribution in [-0.2, 0) is 5.41 Å². The number of hydrogen-bond acceptors (Lipinski definition) is 4. The quantitative estimate of drug-likeness (QED) is 0.187. The molecule has 0 atom stereocenters. The summed E-state index contributed by atoms with van der Waals surface area (Å²) in [6.07, 6.45) is 0. The first kappa shape index (κ1) is 27.6. The molecule has 51 heavy (non-hydrogen) atoms. The van der Waals surface area contributed by atoms with E-state index in [2.05, 4.69) is 151 Å². The van der Waals surface area contributed by atoms with E-state index in [0.717, 1.165) is 44.5 Å². The largest absolute Gasteiger partial charge is 0.454 e. The molecule has 0 radical (unpaired) electrons. The number of aromatic nitrogens is 2. The SMILES string of the molecule is CC1(C)c2ccccc2-c2ccc(N(c3ccc4c(c3)c3c5scnc5cc5c6ccccc6n4c53)c3cccc4c3oc3ccccc34)cc21. The average molecular weight is 672 g/mol. The molecule has 240 valence electrons. The van der Waals surface area contributed by atoms with E-state index in [1.807, 2.05) is 11.6 Å². The van der Waals surface area contributed by atoms with Gasteiger partial charge >= 0.3 is 0 Å². The molecule has 5 heteroatoms. The summed E-state index contributed by atoms with van der Waals surface area (Å²) in [5.74, 6) is 0. The lowest BCUT2D eigenvalue weighted by Gasteiger charge is -2.28. The van der Waals surface area contributed by atoms with Crippen molar-refractivity contribution in [3.63, 3.8) is 0 Å². The van der Waals surface area contributed by atoms with Crippen LogP contribution in [0.1, 0.15) is 25.0 Å². The normalized spacial score (nSPS) is 13.8. The maximum Gasteiger partial charge on any atom is 0.159 e. The Bertz CT molecular complexity index is 3250. The lowest BCUT2D eigenvalue weighted by Crippen LogP contribution is -2.16. The predicted octanol–water partition coefficient (Wildman–Crippen LogP) is 13.1. The van der Waals surface area contributed by atoms with Gasteiger partial charge in [-0.3, -0.25) is 0 Å². The zero-order chi connectivity index (χ0) is 33.6. The lowest BCUT2D eigenvalue weighted by atomic mass is 9.82. The number of benzene rings is 7. The van der Waals surface area contributed by atoms with Gasteiger partial charge in [-0.05, 0) is 76.9 Å². The Morgan fingerprint density at radius 1 is 0.627 bits per heavy atom. The highest BCUT2D eigenvalue weighted by Crippen LogP contribution is 2.52. The molecule has 4 aromatic heterocycles. The predicted molar refractivity (Wildman–Crippen MR) is 214 cm³/mol. The first-order valence-corrected chi connectivity index (χ1v) is 18.3. The minimum absolute atomic E-state index is 0.130. The number of furan rings is 1. The van der Waals surface area contributed by atoms with Gasteiger partial charge in [0.25, 0.3) is 0 Å². The van der Waals surface area contributed by atoms with Gasteiger partial charge in [0, 0.05) is 49.1 Å². The summed E-state index contributed by atoms with van der Waals surface area (Å²) in [6, 6.07) is 48.7. The van der Waals surface area contributed by atoms with Gasteiger partial charge in [-0.15, -0.1) is 11.3 Å². The average Bonchev–Trinajstić information content (AvgIpc) is 3.97. The molecule has 0 bridgehead atoms. The summed E-state index contributed by atoms with van der Waals surface area (Å²) in [5.41, 5.74) is 16.9. The minimum Gasteiger partial charge on any atom is -0.454 e. The standard InChI is InChI=1S/C46H29N3OS/c1-46(2)35-14-6-3-10-28(35)29-20-18-27(23-36(29)46)48(40-16-9-13-32-31-12-5-8-17-41(31)50-44(32)40)26-19-21-39-34(22-26)42-43-33(24-37-45(42)51-25-47-37)30-11-4-7-15-38(30)49(39)43/h3-25H,1-2H3. The molecule has 12 rings (SSSR count). The molecule has 4 heterocycles. The molecule has 0 aliphatic heterocycles. The smallest absolute Gasteiger partial charge is 0.159 e. The van der Waals surface area contributed by atoms with Crippen LogP contribution in [0.15, 0.2) is 143 Å². The Hall–Kier alpha value is -6.17. The number of thiazole rings is 1. The molecule has 0 N–H and O–H groups in total. The molecule has 0 fully saturated rings. The van der Waals surface area contributed by atoms with Gasteiger partial charge in [-0.25, -0.2) is 4.98 Å². The Balaban J connectivity index is 1.18. The van der Waals surface area contributed by atoms with Crippen LogP contribution < -0.4 is 4.90 Å². The van der Waals surface area contributed by atoms with Crippen molar-refractivity contribution in [2.75, 3.05) is 4.90 Å². The van der Waals surface area contributed by atoms with E-state index in [-0.39, 0.29) is 5.41 Å². The van der Waals surface area contributed by atoms with Crippen molar-refractivity contribution in [2.45, 2.75) is 19.3 Å². The summed E-state index contributed by atoms with van der Waals surface area (Å²) in [6.45, 7) is 4.70. The molecule has 1 aliphatic carbocycles. The van der Waals surface area contributed by atoms with Crippen molar-refractivity contribution in [3.05, 3.63) is 150 Å².